The third-order valence-electron chi connectivity index (χ3n) is 6.19. The number of benzene rings is 3. The van der Waals surface area contributed by atoms with E-state index in [-0.39, 0.29) is 11.9 Å². The molecule has 0 aliphatic carbocycles. The van der Waals surface area contributed by atoms with E-state index >= 15 is 0 Å². The Hall–Kier alpha value is -4.13. The maximum atomic E-state index is 13.7. The molecule has 2 atom stereocenters. The van der Waals surface area contributed by atoms with E-state index in [4.69, 9.17) is 9.47 Å². The van der Waals surface area contributed by atoms with E-state index in [1.165, 1.54) is 17.7 Å². The van der Waals surface area contributed by atoms with Gasteiger partial charge in [0, 0.05) is 11.1 Å². The van der Waals surface area contributed by atoms with Gasteiger partial charge in [0.1, 0.15) is 35.8 Å². The number of ether oxygens (including phenoxy) is 2. The zero-order chi connectivity index (χ0) is 22.5. The first-order chi connectivity index (χ1) is 16.1. The minimum Gasteiger partial charge on any atom is -0.497 e. The lowest BCUT2D eigenvalue weighted by atomic mass is 9.84. The minimum atomic E-state index is -0.447. The molecule has 33 heavy (non-hydrogen) atoms. The van der Waals surface area contributed by atoms with Crippen LogP contribution in [0.2, 0.25) is 0 Å². The molecule has 6 rings (SSSR count). The number of nitrogens with one attached hydrogen (secondary N) is 1. The highest BCUT2D eigenvalue weighted by atomic mass is 19.1. The maximum Gasteiger partial charge on any atom is 0.226 e. The van der Waals surface area contributed by atoms with Gasteiger partial charge in [-0.3, -0.25) is 0 Å². The summed E-state index contributed by atoms with van der Waals surface area (Å²) in [4.78, 5) is 4.45. The molecule has 0 amide bonds. The second-order valence-electron chi connectivity index (χ2n) is 8.21. The average Bonchev–Trinajstić information content (AvgIpc) is 3.31. The molecule has 2 aliphatic heterocycles. The molecule has 3 heterocycles. The van der Waals surface area contributed by atoms with Crippen LogP contribution < -0.4 is 14.8 Å². The van der Waals surface area contributed by atoms with E-state index in [1.54, 1.807) is 25.6 Å². The van der Waals surface area contributed by atoms with Gasteiger partial charge in [-0.15, -0.1) is 0 Å². The molecule has 0 bridgehead atoms. The number of methoxy groups -OCH3 is 1. The van der Waals surface area contributed by atoms with E-state index in [1.807, 2.05) is 22.9 Å². The Balaban J connectivity index is 1.62. The van der Waals surface area contributed by atoms with Gasteiger partial charge in [-0.05, 0) is 48.4 Å². The van der Waals surface area contributed by atoms with Crippen LogP contribution in [0, 0.1) is 12.7 Å². The Bertz CT molecular complexity index is 1380. The molecule has 0 saturated heterocycles. The highest BCUT2D eigenvalue weighted by molar-refractivity contribution is 5.85. The van der Waals surface area contributed by atoms with E-state index < -0.39 is 6.10 Å². The van der Waals surface area contributed by atoms with Crippen molar-refractivity contribution in [3.63, 3.8) is 0 Å². The Morgan fingerprint density at radius 1 is 1.00 bits per heavy atom. The van der Waals surface area contributed by atoms with Crippen molar-refractivity contribution in [3.8, 4) is 11.5 Å². The summed E-state index contributed by atoms with van der Waals surface area (Å²) in [5, 5.41) is 8.00. The van der Waals surface area contributed by atoms with Crippen molar-refractivity contribution in [2.24, 2.45) is 0 Å². The van der Waals surface area contributed by atoms with Gasteiger partial charge in [0.15, 0.2) is 0 Å². The van der Waals surface area contributed by atoms with Gasteiger partial charge in [-0.1, -0.05) is 42.0 Å². The SMILES string of the molecule is COc1ccc2c(c1)C1=C([C@H](c3ccc(C)cc3)n3ncnc3N1)[C@@H](c1ccc(F)cc1)O2. The van der Waals surface area contributed by atoms with Gasteiger partial charge in [-0.2, -0.15) is 10.1 Å². The fourth-order valence-corrected chi connectivity index (χ4v) is 4.56. The van der Waals surface area contributed by atoms with E-state index in [9.17, 15) is 4.39 Å². The van der Waals surface area contributed by atoms with Gasteiger partial charge in [0.05, 0.1) is 12.8 Å². The summed E-state index contributed by atoms with van der Waals surface area (Å²) < 4.78 is 27.7. The summed E-state index contributed by atoms with van der Waals surface area (Å²) in [6, 6.07) is 20.3. The predicted molar refractivity (Wildman–Crippen MR) is 123 cm³/mol. The van der Waals surface area contributed by atoms with Gasteiger partial charge < -0.3 is 14.8 Å². The molecule has 2 aliphatic rings. The second kappa shape index (κ2) is 7.48. The summed E-state index contributed by atoms with van der Waals surface area (Å²) in [5.74, 6) is 1.80. The Morgan fingerprint density at radius 3 is 2.52 bits per heavy atom. The van der Waals surface area contributed by atoms with Crippen molar-refractivity contribution in [3.05, 3.63) is 107 Å². The van der Waals surface area contributed by atoms with E-state index in [2.05, 4.69) is 46.6 Å². The Morgan fingerprint density at radius 2 is 1.76 bits per heavy atom. The van der Waals surface area contributed by atoms with E-state index in [0.717, 1.165) is 33.7 Å². The van der Waals surface area contributed by atoms with Crippen LogP contribution in [0.25, 0.3) is 5.70 Å². The lowest BCUT2D eigenvalue weighted by Crippen LogP contribution is -2.32. The molecule has 0 radical (unpaired) electrons. The van der Waals surface area contributed by atoms with Crippen molar-refractivity contribution in [1.82, 2.24) is 14.8 Å². The summed E-state index contributed by atoms with van der Waals surface area (Å²) in [6.45, 7) is 2.06. The normalized spacial score (nSPS) is 18.5. The summed E-state index contributed by atoms with van der Waals surface area (Å²) in [5.41, 5.74) is 5.84. The molecule has 0 spiro atoms. The molecule has 4 aromatic rings. The molecule has 0 saturated carbocycles. The summed E-state index contributed by atoms with van der Waals surface area (Å²) in [6.07, 6.45) is 1.10. The molecule has 3 aromatic carbocycles. The lowest BCUT2D eigenvalue weighted by molar-refractivity contribution is 0.222. The zero-order valence-electron chi connectivity index (χ0n) is 18.1. The van der Waals surface area contributed by atoms with Crippen molar-refractivity contribution < 1.29 is 13.9 Å². The highest BCUT2D eigenvalue weighted by Crippen LogP contribution is 2.51. The number of rotatable bonds is 3. The van der Waals surface area contributed by atoms with E-state index in [0.29, 0.717) is 11.7 Å². The number of nitrogens with zero attached hydrogens (tertiary/aromatic N) is 3. The van der Waals surface area contributed by atoms with Crippen LogP contribution in [0.15, 0.2) is 78.6 Å². The van der Waals surface area contributed by atoms with Gasteiger partial charge in [-0.25, -0.2) is 9.07 Å². The van der Waals surface area contributed by atoms with Crippen LogP contribution in [0.3, 0.4) is 0 Å². The minimum absolute atomic E-state index is 0.256. The summed E-state index contributed by atoms with van der Waals surface area (Å²) in [7, 11) is 1.64. The number of hydrogen-bond donors (Lipinski definition) is 1. The van der Waals surface area contributed by atoms with Crippen LogP contribution in [0.1, 0.15) is 34.4 Å². The molecule has 164 valence electrons. The molecule has 0 unspecified atom stereocenters. The third kappa shape index (κ3) is 3.16. The first-order valence-electron chi connectivity index (χ1n) is 10.7. The van der Waals surface area contributed by atoms with Crippen LogP contribution in [0.4, 0.5) is 10.3 Å². The molecule has 7 heteroatoms. The third-order valence-corrected chi connectivity index (χ3v) is 6.19. The van der Waals surface area contributed by atoms with Crippen molar-refractivity contribution in [1.29, 1.82) is 0 Å². The summed E-state index contributed by atoms with van der Waals surface area (Å²) >= 11 is 0. The number of halogens is 1. The van der Waals surface area contributed by atoms with Crippen molar-refractivity contribution in [2.75, 3.05) is 12.4 Å². The monoisotopic (exact) mass is 440 g/mol. The fourth-order valence-electron chi connectivity index (χ4n) is 4.56. The lowest BCUT2D eigenvalue weighted by Gasteiger charge is -2.39. The highest BCUT2D eigenvalue weighted by Gasteiger charge is 2.41. The smallest absolute Gasteiger partial charge is 0.226 e. The molecule has 1 aromatic heterocycles. The van der Waals surface area contributed by atoms with Gasteiger partial charge in [0.25, 0.3) is 0 Å². The first-order valence-corrected chi connectivity index (χ1v) is 10.7. The first kappa shape index (κ1) is 19.5. The fraction of sp³-hybridized carbons (Fsp3) is 0.154. The van der Waals surface area contributed by atoms with Gasteiger partial charge in [0.2, 0.25) is 5.95 Å². The molecule has 1 N–H and O–H groups in total. The number of aromatic nitrogens is 3. The molecule has 6 nitrogen and oxygen atoms in total. The van der Waals surface area contributed by atoms with Crippen LogP contribution in [0.5, 0.6) is 11.5 Å². The largest absolute Gasteiger partial charge is 0.497 e. The number of aryl methyl sites for hydroxylation is 1. The molecule has 0 fully saturated rings. The Kier molecular flexibility index (Phi) is 4.43. The second-order valence-corrected chi connectivity index (χ2v) is 8.21. The number of anilines is 1. The topological polar surface area (TPSA) is 61.2 Å². The zero-order valence-corrected chi connectivity index (χ0v) is 18.1. The number of hydrogen-bond acceptors (Lipinski definition) is 5. The maximum absolute atomic E-state index is 13.7. The quantitative estimate of drug-likeness (QED) is 0.469. The molecular weight excluding hydrogens is 419 g/mol. The predicted octanol–water partition coefficient (Wildman–Crippen LogP) is 5.29. The van der Waals surface area contributed by atoms with Crippen LogP contribution >= 0.6 is 0 Å². The van der Waals surface area contributed by atoms with Crippen molar-refractivity contribution in [2.45, 2.75) is 19.1 Å². The van der Waals surface area contributed by atoms with Crippen molar-refractivity contribution >= 4 is 11.6 Å². The van der Waals surface area contributed by atoms with Crippen LogP contribution in [-0.4, -0.2) is 21.9 Å². The standard InChI is InChI=1S/C26H21FN4O2/c1-15-3-5-16(6-4-15)24-22-23(30-26-28-14-29-31(24)26)20-13-19(32-2)11-12-21(20)33-25(22)17-7-9-18(27)10-8-17/h3-14,24-25H,1-2H3,(H,28,29,30)/t24-,25+/m0/s1. The van der Waals surface area contributed by atoms with Gasteiger partial charge >= 0.3 is 0 Å². The Labute approximate surface area is 190 Å². The number of fused-ring (bicyclic) bond motifs is 3. The van der Waals surface area contributed by atoms with Crippen LogP contribution in [-0.2, 0) is 0 Å². The average molecular weight is 440 g/mol. The molecular formula is C26H21FN4O2.